The van der Waals surface area contributed by atoms with Gasteiger partial charge in [0.1, 0.15) is 5.56 Å². The smallest absolute Gasteiger partial charge is 0.267 e. The number of hydrogen-bond donors (Lipinski definition) is 5. The van der Waals surface area contributed by atoms with E-state index in [0.29, 0.717) is 24.2 Å². The minimum Gasteiger partial charge on any atom is -0.365 e. The Labute approximate surface area is 181 Å². The standard InChI is InChI=1S/C22H30N6O3/c1-3-16(29)15-11-14(8-7-13(15)2)26-19-17(18(23)30)20(31)28-21(27-19)25-12-22(24)9-5-4-6-10-22/h7-8,11H,3-6,9-10,12,24H2,1-2H3,(H2,23,30)(H3,25,26,27,28,31). The van der Waals surface area contributed by atoms with Crippen molar-refractivity contribution in [2.45, 2.75) is 57.9 Å². The number of benzene rings is 1. The van der Waals surface area contributed by atoms with Gasteiger partial charge in [0.15, 0.2) is 11.6 Å². The van der Waals surface area contributed by atoms with Gasteiger partial charge in [0.25, 0.3) is 11.5 Å². The number of ketones is 1. The number of carbonyl (C=O) groups excluding carboxylic acids is 2. The maximum atomic E-state index is 12.5. The molecule has 0 bridgehead atoms. The molecule has 1 heterocycles. The third-order valence-electron chi connectivity index (χ3n) is 5.74. The fourth-order valence-electron chi connectivity index (χ4n) is 3.90. The molecule has 1 aliphatic rings. The van der Waals surface area contributed by atoms with Gasteiger partial charge in [-0.1, -0.05) is 32.3 Å². The van der Waals surface area contributed by atoms with Crippen LogP contribution in [-0.2, 0) is 0 Å². The highest BCUT2D eigenvalue weighted by Crippen LogP contribution is 2.26. The number of nitrogens with one attached hydrogen (secondary N) is 3. The molecule has 9 nitrogen and oxygen atoms in total. The van der Waals surface area contributed by atoms with Crippen LogP contribution in [-0.4, -0.2) is 33.7 Å². The Morgan fingerprint density at radius 3 is 2.58 bits per heavy atom. The van der Waals surface area contributed by atoms with Crippen molar-refractivity contribution in [1.29, 1.82) is 0 Å². The first-order chi connectivity index (χ1) is 14.7. The first kappa shape index (κ1) is 22.5. The van der Waals surface area contributed by atoms with Gasteiger partial charge in [0, 0.05) is 29.8 Å². The molecule has 2 aromatic rings. The topological polar surface area (TPSA) is 156 Å². The second kappa shape index (κ2) is 9.30. The van der Waals surface area contributed by atoms with Gasteiger partial charge in [-0.05, 0) is 37.5 Å². The third kappa shape index (κ3) is 5.29. The van der Waals surface area contributed by atoms with Crippen LogP contribution in [0.25, 0.3) is 0 Å². The molecular weight excluding hydrogens is 396 g/mol. The molecule has 1 aromatic heterocycles. The lowest BCUT2D eigenvalue weighted by atomic mass is 9.82. The van der Waals surface area contributed by atoms with Crippen LogP contribution in [0.5, 0.6) is 0 Å². The summed E-state index contributed by atoms with van der Waals surface area (Å²) in [6, 6.07) is 5.22. The number of nitrogens with two attached hydrogens (primary N) is 2. The molecule has 0 spiro atoms. The SMILES string of the molecule is CCC(=O)c1cc(Nc2nc(NCC3(N)CCCCC3)[nH]c(=O)c2C(N)=O)ccc1C. The van der Waals surface area contributed by atoms with Gasteiger partial charge < -0.3 is 22.1 Å². The van der Waals surface area contributed by atoms with Crippen LogP contribution < -0.4 is 27.7 Å². The highest BCUT2D eigenvalue weighted by molar-refractivity contribution is 5.99. The number of anilines is 3. The Morgan fingerprint density at radius 2 is 1.94 bits per heavy atom. The Balaban J connectivity index is 1.90. The molecule has 1 saturated carbocycles. The summed E-state index contributed by atoms with van der Waals surface area (Å²) in [5.74, 6) is -0.683. The first-order valence-electron chi connectivity index (χ1n) is 10.6. The molecule has 1 amide bonds. The maximum absolute atomic E-state index is 12.5. The normalized spacial score (nSPS) is 15.3. The largest absolute Gasteiger partial charge is 0.365 e. The summed E-state index contributed by atoms with van der Waals surface area (Å²) < 4.78 is 0. The van der Waals surface area contributed by atoms with Crippen LogP contribution in [0.4, 0.5) is 17.5 Å². The predicted molar refractivity (Wildman–Crippen MR) is 121 cm³/mol. The van der Waals surface area contributed by atoms with Gasteiger partial charge in [-0.15, -0.1) is 0 Å². The van der Waals surface area contributed by atoms with Crippen molar-refractivity contribution < 1.29 is 9.59 Å². The zero-order valence-corrected chi connectivity index (χ0v) is 18.0. The van der Waals surface area contributed by atoms with Crippen molar-refractivity contribution >= 4 is 29.1 Å². The van der Waals surface area contributed by atoms with E-state index >= 15 is 0 Å². The van der Waals surface area contributed by atoms with Gasteiger partial charge >= 0.3 is 0 Å². The van der Waals surface area contributed by atoms with E-state index < -0.39 is 11.5 Å². The molecule has 3 rings (SSSR count). The van der Waals surface area contributed by atoms with E-state index in [9.17, 15) is 14.4 Å². The van der Waals surface area contributed by atoms with E-state index in [2.05, 4.69) is 20.6 Å². The quantitative estimate of drug-likeness (QED) is 0.406. The van der Waals surface area contributed by atoms with Gasteiger partial charge in [-0.3, -0.25) is 19.4 Å². The lowest BCUT2D eigenvalue weighted by Gasteiger charge is -2.33. The Kier molecular flexibility index (Phi) is 6.74. The average molecular weight is 427 g/mol. The van der Waals surface area contributed by atoms with Crippen LogP contribution in [0.15, 0.2) is 23.0 Å². The van der Waals surface area contributed by atoms with Crippen LogP contribution >= 0.6 is 0 Å². The second-order valence-corrected chi connectivity index (χ2v) is 8.21. The van der Waals surface area contributed by atoms with E-state index in [1.807, 2.05) is 6.92 Å². The summed E-state index contributed by atoms with van der Waals surface area (Å²) in [6.45, 7) is 4.09. The number of aromatic nitrogens is 2. The molecule has 7 N–H and O–H groups in total. The molecule has 31 heavy (non-hydrogen) atoms. The van der Waals surface area contributed by atoms with E-state index in [0.717, 1.165) is 31.2 Å². The number of hydrogen-bond acceptors (Lipinski definition) is 7. The van der Waals surface area contributed by atoms with Crippen LogP contribution in [0.3, 0.4) is 0 Å². The Hall–Kier alpha value is -3.20. The minimum atomic E-state index is -0.901. The fraction of sp³-hybridized carbons (Fsp3) is 0.455. The fourth-order valence-corrected chi connectivity index (χ4v) is 3.90. The molecule has 0 unspecified atom stereocenters. The summed E-state index contributed by atoms with van der Waals surface area (Å²) in [5, 5.41) is 6.07. The summed E-state index contributed by atoms with van der Waals surface area (Å²) >= 11 is 0. The number of primary amides is 1. The van der Waals surface area contributed by atoms with E-state index in [1.165, 1.54) is 6.42 Å². The number of carbonyl (C=O) groups is 2. The van der Waals surface area contributed by atoms with E-state index in [-0.39, 0.29) is 28.7 Å². The number of amides is 1. The van der Waals surface area contributed by atoms with Crippen LogP contribution in [0.2, 0.25) is 0 Å². The van der Waals surface area contributed by atoms with Crippen molar-refractivity contribution in [2.75, 3.05) is 17.2 Å². The van der Waals surface area contributed by atoms with Crippen molar-refractivity contribution in [1.82, 2.24) is 9.97 Å². The predicted octanol–water partition coefficient (Wildman–Crippen LogP) is 2.59. The number of aryl methyl sites for hydroxylation is 1. The van der Waals surface area contributed by atoms with E-state index in [4.69, 9.17) is 11.5 Å². The van der Waals surface area contributed by atoms with Gasteiger partial charge in [0.2, 0.25) is 5.95 Å². The summed E-state index contributed by atoms with van der Waals surface area (Å²) in [6.07, 6.45) is 5.48. The summed E-state index contributed by atoms with van der Waals surface area (Å²) in [4.78, 5) is 43.6. The average Bonchev–Trinajstić information content (AvgIpc) is 2.73. The number of Topliss-reactive ketones (excluding diaryl/α,β-unsaturated/α-hetero) is 1. The van der Waals surface area contributed by atoms with Gasteiger partial charge in [0.05, 0.1) is 0 Å². The van der Waals surface area contributed by atoms with Gasteiger partial charge in [-0.2, -0.15) is 4.98 Å². The third-order valence-corrected chi connectivity index (χ3v) is 5.74. The molecule has 9 heteroatoms. The minimum absolute atomic E-state index is 0.00164. The summed E-state index contributed by atoms with van der Waals surface area (Å²) in [7, 11) is 0. The molecular formula is C22H30N6O3. The maximum Gasteiger partial charge on any atom is 0.267 e. The highest BCUT2D eigenvalue weighted by atomic mass is 16.2. The molecule has 1 aromatic carbocycles. The van der Waals surface area contributed by atoms with E-state index in [1.54, 1.807) is 25.1 Å². The number of aromatic amines is 1. The monoisotopic (exact) mass is 426 g/mol. The van der Waals surface area contributed by atoms with Crippen molar-refractivity contribution in [3.05, 3.63) is 45.2 Å². The highest BCUT2D eigenvalue weighted by Gasteiger charge is 2.27. The molecule has 0 atom stereocenters. The second-order valence-electron chi connectivity index (χ2n) is 8.21. The molecule has 1 fully saturated rings. The number of nitrogens with zero attached hydrogens (tertiary/aromatic N) is 1. The Bertz CT molecular complexity index is 1040. The van der Waals surface area contributed by atoms with Crippen LogP contribution in [0, 0.1) is 6.92 Å². The lowest BCUT2D eigenvalue weighted by molar-refractivity contribution is 0.0983. The first-order valence-corrected chi connectivity index (χ1v) is 10.6. The molecule has 0 saturated heterocycles. The number of rotatable bonds is 8. The van der Waals surface area contributed by atoms with Crippen molar-refractivity contribution in [3.8, 4) is 0 Å². The zero-order valence-electron chi connectivity index (χ0n) is 18.0. The summed E-state index contributed by atoms with van der Waals surface area (Å²) in [5.41, 5.74) is 12.5. The van der Waals surface area contributed by atoms with Crippen molar-refractivity contribution in [2.24, 2.45) is 11.5 Å². The zero-order chi connectivity index (χ0) is 22.6. The number of H-pyrrole nitrogens is 1. The van der Waals surface area contributed by atoms with Gasteiger partial charge in [-0.25, -0.2) is 0 Å². The van der Waals surface area contributed by atoms with Crippen LogP contribution in [0.1, 0.15) is 71.7 Å². The Morgan fingerprint density at radius 1 is 1.23 bits per heavy atom. The molecule has 1 aliphatic carbocycles. The molecule has 0 radical (unpaired) electrons. The molecule has 166 valence electrons. The lowest BCUT2D eigenvalue weighted by Crippen LogP contribution is -2.48. The molecule has 0 aliphatic heterocycles. The van der Waals surface area contributed by atoms with Crippen molar-refractivity contribution in [3.63, 3.8) is 0 Å².